The van der Waals surface area contributed by atoms with Gasteiger partial charge in [0.15, 0.2) is 0 Å². The van der Waals surface area contributed by atoms with E-state index in [0.717, 1.165) is 5.56 Å². The van der Waals surface area contributed by atoms with Gasteiger partial charge < -0.3 is 10.4 Å². The van der Waals surface area contributed by atoms with Gasteiger partial charge in [0, 0.05) is 11.5 Å². The van der Waals surface area contributed by atoms with E-state index in [1.165, 1.54) is 24.3 Å². The molecule has 1 fully saturated rings. The number of carbonyl (C=O) groups is 2. The maximum Gasteiger partial charge on any atom is 0.330 e. The summed E-state index contributed by atoms with van der Waals surface area (Å²) in [5.41, 5.74) is -0.169. The number of carboxylic acid groups (broad SMARTS) is 1. The molecule has 2 N–H and O–H groups in total. The van der Waals surface area contributed by atoms with Crippen molar-refractivity contribution in [3.05, 3.63) is 71.5 Å². The minimum absolute atomic E-state index is 0.237. The third-order valence-corrected chi connectivity index (χ3v) is 3.99. The van der Waals surface area contributed by atoms with E-state index in [-0.39, 0.29) is 11.5 Å². The van der Waals surface area contributed by atoms with Gasteiger partial charge in [-0.1, -0.05) is 30.3 Å². The van der Waals surface area contributed by atoms with E-state index in [4.69, 9.17) is 0 Å². The quantitative estimate of drug-likeness (QED) is 0.912. The summed E-state index contributed by atoms with van der Waals surface area (Å²) in [7, 11) is 0. The van der Waals surface area contributed by atoms with Crippen LogP contribution in [0.25, 0.3) is 0 Å². The van der Waals surface area contributed by atoms with Gasteiger partial charge in [0.1, 0.15) is 11.4 Å². The number of amides is 1. The molecule has 1 aliphatic rings. The first-order valence-electron chi connectivity index (χ1n) is 6.89. The van der Waals surface area contributed by atoms with Crippen LogP contribution in [0.2, 0.25) is 0 Å². The molecule has 4 nitrogen and oxygen atoms in total. The van der Waals surface area contributed by atoms with Crippen molar-refractivity contribution in [2.45, 2.75) is 17.9 Å². The van der Waals surface area contributed by atoms with E-state index in [0.29, 0.717) is 6.42 Å². The first-order chi connectivity index (χ1) is 10.5. The summed E-state index contributed by atoms with van der Waals surface area (Å²) >= 11 is 0. The van der Waals surface area contributed by atoms with Gasteiger partial charge in [-0.15, -0.1) is 0 Å². The number of carbonyl (C=O) groups excluding carboxylic acids is 1. The van der Waals surface area contributed by atoms with Crippen LogP contribution in [0.3, 0.4) is 0 Å². The van der Waals surface area contributed by atoms with Crippen molar-refractivity contribution in [2.75, 3.05) is 0 Å². The SMILES string of the molecule is O=C(NC1(C(=O)O)CC1c1ccccc1)c1ccc(F)cc1. The van der Waals surface area contributed by atoms with E-state index in [1.54, 1.807) is 0 Å². The molecule has 1 aliphatic carbocycles. The maximum absolute atomic E-state index is 12.9. The predicted molar refractivity (Wildman–Crippen MR) is 78.0 cm³/mol. The maximum atomic E-state index is 12.9. The molecule has 2 atom stereocenters. The third-order valence-electron chi connectivity index (χ3n) is 3.99. The van der Waals surface area contributed by atoms with Crippen molar-refractivity contribution in [3.63, 3.8) is 0 Å². The first kappa shape index (κ1) is 14.3. The zero-order valence-corrected chi connectivity index (χ0v) is 11.6. The average molecular weight is 299 g/mol. The van der Waals surface area contributed by atoms with E-state index >= 15 is 0 Å². The molecule has 0 aliphatic heterocycles. The van der Waals surface area contributed by atoms with E-state index in [9.17, 15) is 19.1 Å². The highest BCUT2D eigenvalue weighted by atomic mass is 19.1. The number of hydrogen-bond donors (Lipinski definition) is 2. The minimum atomic E-state index is -1.28. The zero-order valence-electron chi connectivity index (χ0n) is 11.6. The molecular weight excluding hydrogens is 285 g/mol. The fourth-order valence-electron chi connectivity index (χ4n) is 2.65. The molecule has 0 radical (unpaired) electrons. The van der Waals surface area contributed by atoms with Crippen LogP contribution in [-0.2, 0) is 4.79 Å². The van der Waals surface area contributed by atoms with Crippen LogP contribution in [0.1, 0.15) is 28.3 Å². The molecule has 3 rings (SSSR count). The molecule has 0 spiro atoms. The van der Waals surface area contributed by atoms with Crippen molar-refractivity contribution < 1.29 is 19.1 Å². The summed E-state index contributed by atoms with van der Waals surface area (Å²) in [4.78, 5) is 23.8. The summed E-state index contributed by atoms with van der Waals surface area (Å²) < 4.78 is 12.9. The highest BCUT2D eigenvalue weighted by Crippen LogP contribution is 2.51. The normalized spacial score (nSPS) is 22.9. The molecule has 0 heterocycles. The Morgan fingerprint density at radius 3 is 2.32 bits per heavy atom. The number of benzene rings is 2. The van der Waals surface area contributed by atoms with Crippen molar-refractivity contribution in [2.24, 2.45) is 0 Å². The third kappa shape index (κ3) is 2.45. The van der Waals surface area contributed by atoms with Gasteiger partial charge in [-0.05, 0) is 36.2 Å². The highest BCUT2D eigenvalue weighted by molar-refractivity contribution is 5.99. The van der Waals surface area contributed by atoms with Crippen LogP contribution in [0.5, 0.6) is 0 Å². The van der Waals surface area contributed by atoms with Crippen LogP contribution in [0, 0.1) is 5.82 Å². The number of hydrogen-bond acceptors (Lipinski definition) is 2. The van der Waals surface area contributed by atoms with Gasteiger partial charge in [-0.25, -0.2) is 9.18 Å². The number of nitrogens with one attached hydrogen (secondary N) is 1. The van der Waals surface area contributed by atoms with Crippen LogP contribution in [-0.4, -0.2) is 22.5 Å². The second-order valence-corrected chi connectivity index (χ2v) is 5.40. The minimum Gasteiger partial charge on any atom is -0.479 e. The first-order valence-corrected chi connectivity index (χ1v) is 6.89. The Balaban J connectivity index is 1.81. The Morgan fingerprint density at radius 2 is 1.73 bits per heavy atom. The molecule has 2 aromatic carbocycles. The molecule has 0 aromatic heterocycles. The molecule has 1 saturated carbocycles. The Morgan fingerprint density at radius 1 is 1.09 bits per heavy atom. The monoisotopic (exact) mass is 299 g/mol. The summed E-state index contributed by atoms with van der Waals surface area (Å²) in [5.74, 6) is -2.27. The molecule has 2 aromatic rings. The number of halogens is 1. The Bertz CT molecular complexity index is 714. The van der Waals surface area contributed by atoms with Crippen LogP contribution >= 0.6 is 0 Å². The lowest BCUT2D eigenvalue weighted by molar-refractivity contribution is -0.140. The molecule has 1 amide bonds. The van der Waals surface area contributed by atoms with E-state index in [2.05, 4.69) is 5.32 Å². The van der Waals surface area contributed by atoms with Crippen LogP contribution in [0.15, 0.2) is 54.6 Å². The fraction of sp³-hybridized carbons (Fsp3) is 0.176. The Labute approximate surface area is 126 Å². The molecule has 22 heavy (non-hydrogen) atoms. The van der Waals surface area contributed by atoms with Gasteiger partial charge in [-0.2, -0.15) is 0 Å². The highest BCUT2D eigenvalue weighted by Gasteiger charge is 2.62. The molecule has 5 heteroatoms. The molecule has 2 unspecified atom stereocenters. The topological polar surface area (TPSA) is 66.4 Å². The largest absolute Gasteiger partial charge is 0.479 e. The van der Waals surface area contributed by atoms with Gasteiger partial charge in [0.2, 0.25) is 0 Å². The standard InChI is InChI=1S/C17H14FNO3/c18-13-8-6-12(7-9-13)15(20)19-17(16(21)22)10-14(17)11-4-2-1-3-5-11/h1-9,14H,10H2,(H,19,20)(H,21,22). The van der Waals surface area contributed by atoms with Crippen molar-refractivity contribution in [1.82, 2.24) is 5.32 Å². The molecule has 112 valence electrons. The van der Waals surface area contributed by atoms with Crippen molar-refractivity contribution in [1.29, 1.82) is 0 Å². The Kier molecular flexibility index (Phi) is 3.41. The average Bonchev–Trinajstić information content (AvgIpc) is 3.24. The smallest absolute Gasteiger partial charge is 0.330 e. The van der Waals surface area contributed by atoms with Gasteiger partial charge >= 0.3 is 5.97 Å². The second-order valence-electron chi connectivity index (χ2n) is 5.40. The van der Waals surface area contributed by atoms with E-state index < -0.39 is 23.2 Å². The van der Waals surface area contributed by atoms with Crippen LogP contribution < -0.4 is 5.32 Å². The number of rotatable bonds is 4. The number of aliphatic carboxylic acids is 1. The van der Waals surface area contributed by atoms with Gasteiger partial charge in [0.05, 0.1) is 0 Å². The molecule has 0 saturated heterocycles. The Hall–Kier alpha value is -2.69. The lowest BCUT2D eigenvalue weighted by atomic mass is 10.1. The summed E-state index contributed by atoms with van der Waals surface area (Å²) in [6, 6.07) is 14.2. The lowest BCUT2D eigenvalue weighted by Crippen LogP contribution is -2.44. The van der Waals surface area contributed by atoms with Gasteiger partial charge in [-0.3, -0.25) is 4.79 Å². The summed E-state index contributed by atoms with van der Waals surface area (Å²) in [6.07, 6.45) is 0.347. The van der Waals surface area contributed by atoms with Gasteiger partial charge in [0.25, 0.3) is 5.91 Å². The summed E-state index contributed by atoms with van der Waals surface area (Å²) in [5, 5.41) is 12.1. The molecule has 0 bridgehead atoms. The molecular formula is C17H14FNO3. The van der Waals surface area contributed by atoms with Crippen LogP contribution in [0.4, 0.5) is 4.39 Å². The summed E-state index contributed by atoms with van der Waals surface area (Å²) in [6.45, 7) is 0. The lowest BCUT2D eigenvalue weighted by Gasteiger charge is -2.15. The van der Waals surface area contributed by atoms with Crippen molar-refractivity contribution >= 4 is 11.9 Å². The number of carboxylic acids is 1. The predicted octanol–water partition coefficient (Wildman–Crippen LogP) is 2.57. The second kappa shape index (κ2) is 5.26. The van der Waals surface area contributed by atoms with Crippen molar-refractivity contribution in [3.8, 4) is 0 Å². The fourth-order valence-corrected chi connectivity index (χ4v) is 2.65. The zero-order chi connectivity index (χ0) is 15.7. The van der Waals surface area contributed by atoms with E-state index in [1.807, 2.05) is 30.3 Å².